The van der Waals surface area contributed by atoms with Crippen LogP contribution in [-0.2, 0) is 14.3 Å². The van der Waals surface area contributed by atoms with Gasteiger partial charge >= 0.3 is 0 Å². The normalized spacial score (nSPS) is 10.6. The van der Waals surface area contributed by atoms with E-state index in [1.165, 1.54) is 0 Å². The number of hydrogen-bond acceptors (Lipinski definition) is 4. The molecule has 0 aromatic heterocycles. The van der Waals surface area contributed by atoms with Crippen LogP contribution in [0, 0.1) is 0 Å². The van der Waals surface area contributed by atoms with Gasteiger partial charge in [0.1, 0.15) is 0 Å². The number of rotatable bonds is 8. The summed E-state index contributed by atoms with van der Waals surface area (Å²) >= 11 is 0. The van der Waals surface area contributed by atoms with Gasteiger partial charge in [0.2, 0.25) is 11.8 Å². The third kappa shape index (κ3) is 5.38. The molecule has 0 aliphatic rings. The lowest BCUT2D eigenvalue weighted by Crippen LogP contribution is -2.43. The quantitative estimate of drug-likeness (QED) is 0.731. The van der Waals surface area contributed by atoms with Crippen LogP contribution in [0.5, 0.6) is 0 Å². The molecule has 0 unspecified atom stereocenters. The van der Waals surface area contributed by atoms with Crippen molar-refractivity contribution in [3.05, 3.63) is 30.3 Å². The minimum atomic E-state index is -0.462. The van der Waals surface area contributed by atoms with Crippen molar-refractivity contribution in [2.24, 2.45) is 5.73 Å². The Morgan fingerprint density at radius 2 is 1.85 bits per heavy atom. The highest BCUT2D eigenvalue weighted by Gasteiger charge is 2.16. The van der Waals surface area contributed by atoms with E-state index in [2.05, 4.69) is 0 Å². The number of nitrogens with two attached hydrogens (primary N) is 1. The van der Waals surface area contributed by atoms with Gasteiger partial charge in [-0.1, -0.05) is 18.2 Å². The van der Waals surface area contributed by atoms with Crippen molar-refractivity contribution in [2.45, 2.75) is 0 Å². The average molecular weight is 279 g/mol. The first-order valence-corrected chi connectivity index (χ1v) is 6.35. The number of nitrogens with zero attached hydrogens (tertiary/aromatic N) is 2. The lowest BCUT2D eigenvalue weighted by Gasteiger charge is -2.23. The van der Waals surface area contributed by atoms with Gasteiger partial charge in [-0.3, -0.25) is 14.5 Å². The zero-order chi connectivity index (χ0) is 15.0. The summed E-state index contributed by atoms with van der Waals surface area (Å²) in [6.45, 7) is 1.08. The molecule has 0 aliphatic carbocycles. The largest absolute Gasteiger partial charge is 0.383 e. The summed E-state index contributed by atoms with van der Waals surface area (Å²) in [5.74, 6) is -0.565. The van der Waals surface area contributed by atoms with Gasteiger partial charge in [0.15, 0.2) is 0 Å². The molecule has 2 N–H and O–H groups in total. The topological polar surface area (TPSA) is 75.9 Å². The maximum Gasteiger partial charge on any atom is 0.240 e. The number of para-hydroxylation sites is 1. The number of ether oxygens (including phenoxy) is 1. The molecule has 0 heterocycles. The Balaban J connectivity index is 2.62. The van der Waals surface area contributed by atoms with Gasteiger partial charge < -0.3 is 15.4 Å². The van der Waals surface area contributed by atoms with Gasteiger partial charge in [0, 0.05) is 26.4 Å². The summed E-state index contributed by atoms with van der Waals surface area (Å²) in [6, 6.07) is 9.33. The highest BCUT2D eigenvalue weighted by molar-refractivity contribution is 5.94. The van der Waals surface area contributed by atoms with Crippen LogP contribution in [0.15, 0.2) is 30.3 Å². The fraction of sp³-hybridized carbons (Fsp3) is 0.429. The predicted octanol–water partition coefficient (Wildman–Crippen LogP) is 0.0831. The van der Waals surface area contributed by atoms with Crippen LogP contribution in [0.4, 0.5) is 5.69 Å². The van der Waals surface area contributed by atoms with Crippen LogP contribution in [0.25, 0.3) is 0 Å². The Morgan fingerprint density at radius 3 is 2.40 bits per heavy atom. The summed E-state index contributed by atoms with van der Waals surface area (Å²) < 4.78 is 4.96. The van der Waals surface area contributed by atoms with Crippen LogP contribution in [0.1, 0.15) is 0 Å². The Bertz CT molecular complexity index is 437. The second-order valence-corrected chi connectivity index (χ2v) is 4.46. The van der Waals surface area contributed by atoms with Crippen molar-refractivity contribution in [3.8, 4) is 0 Å². The average Bonchev–Trinajstić information content (AvgIpc) is 2.44. The molecule has 0 saturated heterocycles. The molecule has 0 saturated carbocycles. The molecule has 2 amide bonds. The number of amides is 2. The maximum absolute atomic E-state index is 12.2. The first kappa shape index (κ1) is 16.1. The highest BCUT2D eigenvalue weighted by atomic mass is 16.5. The molecule has 0 atom stereocenters. The Morgan fingerprint density at radius 1 is 1.20 bits per heavy atom. The number of primary amides is 1. The van der Waals surface area contributed by atoms with E-state index in [9.17, 15) is 9.59 Å². The number of carbonyl (C=O) groups excluding carboxylic acids is 2. The van der Waals surface area contributed by atoms with E-state index < -0.39 is 5.91 Å². The Kier molecular flexibility index (Phi) is 6.69. The van der Waals surface area contributed by atoms with Crippen molar-refractivity contribution in [1.29, 1.82) is 0 Å². The summed E-state index contributed by atoms with van der Waals surface area (Å²) in [6.07, 6.45) is 0. The molecule has 1 rings (SSSR count). The number of carbonyl (C=O) groups is 2. The van der Waals surface area contributed by atoms with E-state index in [1.54, 1.807) is 24.0 Å². The molecule has 6 heteroatoms. The second-order valence-electron chi connectivity index (χ2n) is 4.46. The van der Waals surface area contributed by atoms with Gasteiger partial charge in [0.25, 0.3) is 0 Å². The van der Waals surface area contributed by atoms with Crippen molar-refractivity contribution < 1.29 is 14.3 Å². The number of benzene rings is 1. The molecule has 1 aromatic rings. The molecule has 0 aliphatic heterocycles. The summed E-state index contributed by atoms with van der Waals surface area (Å²) in [4.78, 5) is 26.4. The lowest BCUT2D eigenvalue weighted by molar-refractivity contribution is -0.122. The van der Waals surface area contributed by atoms with Gasteiger partial charge in [-0.25, -0.2) is 0 Å². The molecule has 0 bridgehead atoms. The monoisotopic (exact) mass is 279 g/mol. The highest BCUT2D eigenvalue weighted by Crippen LogP contribution is 2.11. The molecule has 110 valence electrons. The molecule has 1 aromatic carbocycles. The van der Waals surface area contributed by atoms with Gasteiger partial charge in [0.05, 0.1) is 19.7 Å². The summed E-state index contributed by atoms with van der Waals surface area (Å²) in [5.41, 5.74) is 5.99. The van der Waals surface area contributed by atoms with E-state index in [1.807, 2.05) is 30.3 Å². The smallest absolute Gasteiger partial charge is 0.240 e. The minimum absolute atomic E-state index is 0.0394. The van der Waals surface area contributed by atoms with Gasteiger partial charge in [-0.2, -0.15) is 0 Å². The number of hydrogen-bond donors (Lipinski definition) is 1. The number of methoxy groups -OCH3 is 1. The summed E-state index contributed by atoms with van der Waals surface area (Å²) in [7, 11) is 3.27. The van der Waals surface area contributed by atoms with E-state index in [4.69, 9.17) is 10.5 Å². The van der Waals surface area contributed by atoms with E-state index >= 15 is 0 Å². The van der Waals surface area contributed by atoms with Crippen molar-refractivity contribution >= 4 is 17.5 Å². The zero-order valence-electron chi connectivity index (χ0n) is 11.9. The molecular weight excluding hydrogens is 258 g/mol. The predicted molar refractivity (Wildman–Crippen MR) is 77.4 cm³/mol. The third-order valence-corrected chi connectivity index (χ3v) is 2.87. The van der Waals surface area contributed by atoms with Crippen LogP contribution in [0.3, 0.4) is 0 Å². The van der Waals surface area contributed by atoms with Crippen LogP contribution >= 0.6 is 0 Å². The SMILES string of the molecule is COCCN(CC(N)=O)CC(=O)N(C)c1ccccc1. The first-order chi connectivity index (χ1) is 9.54. The molecule has 0 radical (unpaired) electrons. The van der Waals surface area contributed by atoms with E-state index in [0.717, 1.165) is 5.69 Å². The fourth-order valence-corrected chi connectivity index (χ4v) is 1.75. The molecule has 20 heavy (non-hydrogen) atoms. The Labute approximate surface area is 119 Å². The standard InChI is InChI=1S/C14H21N3O3/c1-16(12-6-4-3-5-7-12)14(19)11-17(8-9-20-2)10-13(15)18/h3-7H,8-11H2,1-2H3,(H2,15,18). The van der Waals surface area contributed by atoms with Gasteiger partial charge in [-0.15, -0.1) is 0 Å². The van der Waals surface area contributed by atoms with Crippen LogP contribution in [0.2, 0.25) is 0 Å². The third-order valence-electron chi connectivity index (χ3n) is 2.87. The first-order valence-electron chi connectivity index (χ1n) is 6.35. The number of anilines is 1. The summed E-state index contributed by atoms with van der Waals surface area (Å²) in [5, 5.41) is 0. The Hall–Kier alpha value is -1.92. The van der Waals surface area contributed by atoms with Crippen LogP contribution < -0.4 is 10.6 Å². The second kappa shape index (κ2) is 8.29. The molecule has 6 nitrogen and oxygen atoms in total. The van der Waals surface area contributed by atoms with Crippen molar-refractivity contribution in [1.82, 2.24) is 4.90 Å². The molecule has 0 fully saturated rings. The fourth-order valence-electron chi connectivity index (χ4n) is 1.75. The van der Waals surface area contributed by atoms with Crippen molar-refractivity contribution in [3.63, 3.8) is 0 Å². The molecular formula is C14H21N3O3. The van der Waals surface area contributed by atoms with Crippen molar-refractivity contribution in [2.75, 3.05) is 45.3 Å². The van der Waals surface area contributed by atoms with Gasteiger partial charge in [-0.05, 0) is 12.1 Å². The van der Waals surface area contributed by atoms with E-state index in [-0.39, 0.29) is 19.0 Å². The molecule has 0 spiro atoms. The maximum atomic E-state index is 12.2. The van der Waals surface area contributed by atoms with Crippen LogP contribution in [-0.4, -0.2) is 57.1 Å². The minimum Gasteiger partial charge on any atom is -0.383 e. The van der Waals surface area contributed by atoms with E-state index in [0.29, 0.717) is 13.2 Å². The zero-order valence-corrected chi connectivity index (χ0v) is 11.9. The number of likely N-dealkylation sites (N-methyl/N-ethyl adjacent to an activating group) is 1. The lowest BCUT2D eigenvalue weighted by atomic mass is 10.3.